The Balaban J connectivity index is 1.20. The summed E-state index contributed by atoms with van der Waals surface area (Å²) < 4.78 is 8.39. The molecule has 4 nitrogen and oxygen atoms in total. The van der Waals surface area contributed by atoms with Gasteiger partial charge in [0.1, 0.15) is 5.52 Å². The molecule has 0 saturated carbocycles. The number of para-hydroxylation sites is 1. The molecule has 226 valence electrons. The number of rotatable bonds is 3. The zero-order chi connectivity index (χ0) is 31.7. The van der Waals surface area contributed by atoms with Gasteiger partial charge in [-0.1, -0.05) is 92.7 Å². The normalized spacial score (nSPS) is 13.8. The Hall–Kier alpha value is -6.13. The van der Waals surface area contributed by atoms with E-state index < -0.39 is 0 Å². The van der Waals surface area contributed by atoms with Gasteiger partial charge >= 0.3 is 0 Å². The van der Waals surface area contributed by atoms with Crippen LogP contribution in [0.1, 0.15) is 25.0 Å². The highest BCUT2D eigenvalue weighted by Crippen LogP contribution is 2.51. The van der Waals surface area contributed by atoms with Crippen LogP contribution in [0.25, 0.3) is 71.1 Å². The van der Waals surface area contributed by atoms with Crippen LogP contribution in [0.2, 0.25) is 0 Å². The summed E-state index contributed by atoms with van der Waals surface area (Å²) in [6.45, 7) is 4.70. The minimum atomic E-state index is -0.0991. The van der Waals surface area contributed by atoms with Gasteiger partial charge in [-0.2, -0.15) is 0 Å². The predicted molar refractivity (Wildman–Crippen MR) is 198 cm³/mol. The fourth-order valence-electron chi connectivity index (χ4n) is 8.60. The Morgan fingerprint density at radius 2 is 1.29 bits per heavy atom. The van der Waals surface area contributed by atoms with Gasteiger partial charge in [-0.3, -0.25) is 0 Å². The van der Waals surface area contributed by atoms with E-state index >= 15 is 0 Å². The number of hydrogen-bond acceptors (Lipinski definition) is 3. The van der Waals surface area contributed by atoms with Gasteiger partial charge in [0.05, 0.1) is 21.9 Å². The smallest absolute Gasteiger partial charge is 0.182 e. The maximum Gasteiger partial charge on any atom is 0.182 e. The second-order valence-electron chi connectivity index (χ2n) is 13.7. The van der Waals surface area contributed by atoms with Gasteiger partial charge in [-0.25, -0.2) is 4.98 Å². The average Bonchev–Trinajstić information content (AvgIpc) is 3.86. The highest BCUT2D eigenvalue weighted by atomic mass is 16.3. The van der Waals surface area contributed by atoms with Crippen LogP contribution in [0.3, 0.4) is 0 Å². The van der Waals surface area contributed by atoms with E-state index in [2.05, 4.69) is 162 Å². The topological polar surface area (TPSA) is 33.7 Å². The number of hydrogen-bond donors (Lipinski definition) is 0. The molecular weight excluding hydrogens is 587 g/mol. The molecule has 11 rings (SSSR count). The van der Waals surface area contributed by atoms with Crippen molar-refractivity contribution in [2.45, 2.75) is 19.3 Å². The molecule has 0 bridgehead atoms. The first-order valence-corrected chi connectivity index (χ1v) is 16.5. The molecule has 10 aromatic rings. The highest BCUT2D eigenvalue weighted by molar-refractivity contribution is 6.30. The maximum absolute atomic E-state index is 5.99. The fourth-order valence-corrected chi connectivity index (χ4v) is 8.60. The van der Waals surface area contributed by atoms with Gasteiger partial charge in [-0.05, 0) is 87.6 Å². The molecule has 4 heteroatoms. The van der Waals surface area contributed by atoms with Crippen molar-refractivity contribution in [3.8, 4) is 11.1 Å². The van der Waals surface area contributed by atoms with E-state index in [1.807, 2.05) is 0 Å². The Morgan fingerprint density at radius 3 is 2.23 bits per heavy atom. The number of anilines is 3. The molecule has 7 aromatic carbocycles. The summed E-state index contributed by atoms with van der Waals surface area (Å²) in [5.41, 5.74) is 13.9. The maximum atomic E-state index is 5.99. The van der Waals surface area contributed by atoms with E-state index in [-0.39, 0.29) is 5.41 Å². The van der Waals surface area contributed by atoms with Crippen molar-refractivity contribution in [3.63, 3.8) is 0 Å². The first kappa shape index (κ1) is 26.0. The number of aromatic nitrogens is 2. The molecule has 0 atom stereocenters. The molecular formula is C44H29N3O. The first-order valence-electron chi connectivity index (χ1n) is 16.5. The third kappa shape index (κ3) is 3.26. The number of benzene rings is 7. The molecule has 1 aliphatic rings. The highest BCUT2D eigenvalue weighted by Gasteiger charge is 2.36. The standard InChI is InChI=1S/C44H29N3O/c1-44(2)36-13-7-5-11-31(36)32-19-17-30(23-37(32)44)46(28-16-15-26-9-3-4-10-27(26)21-28)29-18-20-40-34(22-29)35-24-38-43(48-25-45-38)41-33-12-6-8-14-39(33)47(40)42(35)41/h3-25H,1-2H3. The van der Waals surface area contributed by atoms with Gasteiger partial charge in [0, 0.05) is 38.6 Å². The second kappa shape index (κ2) is 9.02. The number of oxazole rings is 1. The van der Waals surface area contributed by atoms with Crippen molar-refractivity contribution in [3.05, 3.63) is 151 Å². The quantitative estimate of drug-likeness (QED) is 0.198. The molecule has 0 saturated heterocycles. The van der Waals surface area contributed by atoms with Crippen LogP contribution in [0.15, 0.2) is 144 Å². The van der Waals surface area contributed by atoms with Gasteiger partial charge in [0.2, 0.25) is 0 Å². The average molecular weight is 616 g/mol. The third-order valence-corrected chi connectivity index (χ3v) is 10.8. The lowest BCUT2D eigenvalue weighted by Crippen LogP contribution is -2.16. The summed E-state index contributed by atoms with van der Waals surface area (Å²) in [5.74, 6) is 0. The SMILES string of the molecule is CC1(C)c2ccccc2-c2ccc(N(c3ccc4ccccc4c3)c3ccc4c(c3)c3cc5ncoc5c5c6ccccc6n4c35)cc21. The molecule has 0 unspecified atom stereocenters. The fraction of sp³-hybridized carbons (Fsp3) is 0.0682. The molecule has 0 aliphatic heterocycles. The number of fused-ring (bicyclic) bond motifs is 12. The molecule has 3 heterocycles. The first-order chi connectivity index (χ1) is 23.6. The predicted octanol–water partition coefficient (Wildman–Crippen LogP) is 11.9. The van der Waals surface area contributed by atoms with E-state index in [0.29, 0.717) is 0 Å². The van der Waals surface area contributed by atoms with Crippen molar-refractivity contribution < 1.29 is 4.42 Å². The lowest BCUT2D eigenvalue weighted by Gasteiger charge is -2.28. The van der Waals surface area contributed by atoms with Crippen LogP contribution in [-0.2, 0) is 5.41 Å². The molecule has 48 heavy (non-hydrogen) atoms. The van der Waals surface area contributed by atoms with E-state index in [1.54, 1.807) is 6.39 Å². The summed E-state index contributed by atoms with van der Waals surface area (Å²) >= 11 is 0. The zero-order valence-electron chi connectivity index (χ0n) is 26.5. The third-order valence-electron chi connectivity index (χ3n) is 10.8. The molecule has 1 aliphatic carbocycles. The Kier molecular flexibility index (Phi) is 4.88. The largest absolute Gasteiger partial charge is 0.443 e. The van der Waals surface area contributed by atoms with Crippen LogP contribution in [0.5, 0.6) is 0 Å². The van der Waals surface area contributed by atoms with Crippen molar-refractivity contribution in [2.75, 3.05) is 4.90 Å². The summed E-state index contributed by atoms with van der Waals surface area (Å²) in [6.07, 6.45) is 1.56. The van der Waals surface area contributed by atoms with Gasteiger partial charge < -0.3 is 13.7 Å². The van der Waals surface area contributed by atoms with E-state index in [0.717, 1.165) is 33.5 Å². The number of nitrogens with zero attached hydrogens (tertiary/aromatic N) is 3. The summed E-state index contributed by atoms with van der Waals surface area (Å²) in [5, 5.41) is 7.14. The van der Waals surface area contributed by atoms with Gasteiger partial charge in [-0.15, -0.1) is 0 Å². The van der Waals surface area contributed by atoms with Crippen molar-refractivity contribution in [2.24, 2.45) is 0 Å². The van der Waals surface area contributed by atoms with Crippen molar-refractivity contribution >= 4 is 77.0 Å². The lowest BCUT2D eigenvalue weighted by atomic mass is 9.82. The van der Waals surface area contributed by atoms with Crippen LogP contribution >= 0.6 is 0 Å². The molecule has 0 radical (unpaired) electrons. The van der Waals surface area contributed by atoms with Crippen molar-refractivity contribution in [1.29, 1.82) is 0 Å². The molecule has 3 aromatic heterocycles. The summed E-state index contributed by atoms with van der Waals surface area (Å²) in [4.78, 5) is 7.04. The van der Waals surface area contributed by atoms with Crippen LogP contribution in [0, 0.1) is 0 Å². The second-order valence-corrected chi connectivity index (χ2v) is 13.7. The van der Waals surface area contributed by atoms with Crippen LogP contribution in [-0.4, -0.2) is 9.38 Å². The molecule has 0 fully saturated rings. The lowest BCUT2D eigenvalue weighted by molar-refractivity contribution is 0.605. The van der Waals surface area contributed by atoms with E-state index in [1.165, 1.54) is 65.7 Å². The van der Waals surface area contributed by atoms with Gasteiger partial charge in [0.15, 0.2) is 12.0 Å². The van der Waals surface area contributed by atoms with E-state index in [4.69, 9.17) is 4.42 Å². The minimum Gasteiger partial charge on any atom is -0.443 e. The molecule has 0 N–H and O–H groups in total. The Morgan fingerprint density at radius 1 is 0.583 bits per heavy atom. The monoisotopic (exact) mass is 615 g/mol. The van der Waals surface area contributed by atoms with Gasteiger partial charge in [0.25, 0.3) is 0 Å². The zero-order valence-corrected chi connectivity index (χ0v) is 26.5. The van der Waals surface area contributed by atoms with Crippen LogP contribution < -0.4 is 4.90 Å². The summed E-state index contributed by atoms with van der Waals surface area (Å²) in [7, 11) is 0. The summed E-state index contributed by atoms with van der Waals surface area (Å²) in [6, 6.07) is 49.0. The van der Waals surface area contributed by atoms with E-state index in [9.17, 15) is 0 Å². The minimum absolute atomic E-state index is 0.0991. The Labute approximate surface area is 276 Å². The van der Waals surface area contributed by atoms with Crippen molar-refractivity contribution in [1.82, 2.24) is 9.38 Å². The van der Waals surface area contributed by atoms with Crippen LogP contribution in [0.4, 0.5) is 17.1 Å². The Bertz CT molecular complexity index is 2940. The molecule has 0 amide bonds. The molecule has 0 spiro atoms.